The van der Waals surface area contributed by atoms with Crippen LogP contribution >= 0.6 is 11.8 Å². The molecule has 9 nitrogen and oxygen atoms in total. The van der Waals surface area contributed by atoms with Gasteiger partial charge in [-0.3, -0.25) is 14.5 Å². The molecule has 1 fully saturated rings. The van der Waals surface area contributed by atoms with Gasteiger partial charge in [-0.15, -0.1) is 11.8 Å². The van der Waals surface area contributed by atoms with Gasteiger partial charge in [0, 0.05) is 24.2 Å². The van der Waals surface area contributed by atoms with E-state index in [0.29, 0.717) is 43.6 Å². The number of hydrogen-bond donors (Lipinski definition) is 0. The minimum absolute atomic E-state index is 0.0783. The molecule has 0 spiro atoms. The molecule has 3 aromatic carbocycles. The van der Waals surface area contributed by atoms with Crippen molar-refractivity contribution < 1.29 is 23.8 Å². The molecular weight excluding hydrogens is 564 g/mol. The molecule has 1 saturated heterocycles. The number of benzene rings is 3. The Hall–Kier alpha value is -4.28. The fourth-order valence-electron chi connectivity index (χ4n) is 5.85. The first-order valence-electron chi connectivity index (χ1n) is 14.4. The molecular formula is C33H32N4O5S. The minimum atomic E-state index is -0.258. The predicted octanol–water partition coefficient (Wildman–Crippen LogP) is 4.91. The van der Waals surface area contributed by atoms with Crippen LogP contribution in [0.3, 0.4) is 0 Å². The Kier molecular flexibility index (Phi) is 7.32. The van der Waals surface area contributed by atoms with Gasteiger partial charge in [0.15, 0.2) is 11.5 Å². The number of amides is 2. The van der Waals surface area contributed by atoms with Gasteiger partial charge in [-0.1, -0.05) is 48.5 Å². The van der Waals surface area contributed by atoms with Crippen molar-refractivity contribution in [3.63, 3.8) is 0 Å². The summed E-state index contributed by atoms with van der Waals surface area (Å²) < 4.78 is 18.7. The number of morpholine rings is 1. The summed E-state index contributed by atoms with van der Waals surface area (Å²) in [5, 5.41) is 4.98. The number of nitrogens with zero attached hydrogens (tertiary/aromatic N) is 4. The maximum atomic E-state index is 14.1. The van der Waals surface area contributed by atoms with Gasteiger partial charge in [0.1, 0.15) is 12.4 Å². The Labute approximate surface area is 254 Å². The first kappa shape index (κ1) is 27.5. The molecule has 0 radical (unpaired) electrons. The summed E-state index contributed by atoms with van der Waals surface area (Å²) in [5.74, 6) is 1.95. The van der Waals surface area contributed by atoms with E-state index in [0.717, 1.165) is 39.2 Å². The summed E-state index contributed by atoms with van der Waals surface area (Å²) in [6.07, 6.45) is 0. The monoisotopic (exact) mass is 596 g/mol. The number of thioether (sulfide) groups is 1. The van der Waals surface area contributed by atoms with Crippen LogP contribution in [0.5, 0.6) is 11.5 Å². The highest BCUT2D eigenvalue weighted by molar-refractivity contribution is 8.00. The molecule has 43 heavy (non-hydrogen) atoms. The number of fused-ring (bicyclic) bond motifs is 2. The first-order valence-corrected chi connectivity index (χ1v) is 15.5. The lowest BCUT2D eigenvalue weighted by atomic mass is 9.99. The highest BCUT2D eigenvalue weighted by Crippen LogP contribution is 2.50. The number of aryl methyl sites for hydroxylation is 1. The van der Waals surface area contributed by atoms with Gasteiger partial charge in [-0.2, -0.15) is 5.10 Å². The van der Waals surface area contributed by atoms with E-state index >= 15 is 0 Å². The van der Waals surface area contributed by atoms with Gasteiger partial charge in [-0.25, -0.2) is 4.68 Å². The zero-order valence-electron chi connectivity index (χ0n) is 24.1. The number of anilines is 1. The SMILES string of the molecule is Cc1cccc(-n2nc(-c3ccccc3)c3c2N(CC(=O)N2CCOCC2)C(=O)CS[C@H]3c2ccc3c(c2)OCO3)c1C. The van der Waals surface area contributed by atoms with Crippen LogP contribution in [0.25, 0.3) is 16.9 Å². The van der Waals surface area contributed by atoms with Crippen molar-refractivity contribution in [3.8, 4) is 28.4 Å². The van der Waals surface area contributed by atoms with Crippen molar-refractivity contribution in [2.75, 3.05) is 50.3 Å². The van der Waals surface area contributed by atoms with Gasteiger partial charge in [-0.05, 0) is 48.7 Å². The molecule has 0 bridgehead atoms. The first-order chi connectivity index (χ1) is 21.0. The number of hydrogen-bond acceptors (Lipinski definition) is 7. The fraction of sp³-hybridized carbons (Fsp3) is 0.303. The summed E-state index contributed by atoms with van der Waals surface area (Å²) in [7, 11) is 0. The molecule has 1 aromatic heterocycles. The average Bonchev–Trinajstić information content (AvgIpc) is 3.64. The summed E-state index contributed by atoms with van der Waals surface area (Å²) in [5.41, 5.74) is 6.59. The van der Waals surface area contributed by atoms with Crippen molar-refractivity contribution in [2.24, 2.45) is 0 Å². The molecule has 2 amide bonds. The van der Waals surface area contributed by atoms with Crippen LogP contribution in [0.4, 0.5) is 5.82 Å². The fourth-order valence-corrected chi connectivity index (χ4v) is 7.04. The maximum Gasteiger partial charge on any atom is 0.242 e. The van der Waals surface area contributed by atoms with E-state index in [1.54, 1.807) is 9.80 Å². The number of rotatable bonds is 5. The van der Waals surface area contributed by atoms with Crippen LogP contribution in [0.15, 0.2) is 66.7 Å². The maximum absolute atomic E-state index is 14.1. The Bertz CT molecular complexity index is 1700. The summed E-state index contributed by atoms with van der Waals surface area (Å²) in [4.78, 5) is 31.2. The number of carbonyl (C=O) groups is 2. The molecule has 7 rings (SSSR count). The van der Waals surface area contributed by atoms with Crippen LogP contribution in [-0.4, -0.2) is 71.9 Å². The molecule has 0 N–H and O–H groups in total. The van der Waals surface area contributed by atoms with E-state index in [1.807, 2.05) is 65.3 Å². The quantitative estimate of drug-likeness (QED) is 0.324. The third-order valence-electron chi connectivity index (χ3n) is 8.30. The summed E-state index contributed by atoms with van der Waals surface area (Å²) in [6.45, 7) is 6.23. The van der Waals surface area contributed by atoms with Crippen LogP contribution in [0.1, 0.15) is 27.5 Å². The van der Waals surface area contributed by atoms with Gasteiger partial charge < -0.3 is 19.1 Å². The molecule has 3 aliphatic heterocycles. The van der Waals surface area contributed by atoms with Gasteiger partial charge in [0.2, 0.25) is 18.6 Å². The zero-order valence-corrected chi connectivity index (χ0v) is 24.9. The standard InChI is InChI=1S/C33H32N4O5S/c1-21-7-6-10-25(22(21)2)37-33-30(31(34-37)23-8-4-3-5-9-23)32(24-11-12-26-27(17-24)42-20-41-26)43-19-29(39)36(33)18-28(38)35-13-15-40-16-14-35/h3-12,17,32H,13-16,18-20H2,1-2H3/t32-/m0/s1. The van der Waals surface area contributed by atoms with E-state index in [4.69, 9.17) is 19.3 Å². The smallest absolute Gasteiger partial charge is 0.242 e. The van der Waals surface area contributed by atoms with E-state index in [9.17, 15) is 9.59 Å². The molecule has 10 heteroatoms. The molecule has 0 saturated carbocycles. The molecule has 0 unspecified atom stereocenters. The molecule has 4 heterocycles. The minimum Gasteiger partial charge on any atom is -0.454 e. The highest BCUT2D eigenvalue weighted by Gasteiger charge is 2.39. The lowest BCUT2D eigenvalue weighted by molar-refractivity contribution is -0.134. The zero-order chi connectivity index (χ0) is 29.5. The van der Waals surface area contributed by atoms with Crippen LogP contribution in [-0.2, 0) is 14.3 Å². The summed E-state index contributed by atoms with van der Waals surface area (Å²) in [6, 6.07) is 22.0. The van der Waals surface area contributed by atoms with Gasteiger partial charge in [0.25, 0.3) is 0 Å². The number of aromatic nitrogens is 2. The molecule has 4 aromatic rings. The largest absolute Gasteiger partial charge is 0.454 e. The van der Waals surface area contributed by atoms with E-state index in [1.165, 1.54) is 11.8 Å². The van der Waals surface area contributed by atoms with Crippen LogP contribution < -0.4 is 14.4 Å². The Morgan fingerprint density at radius 1 is 0.977 bits per heavy atom. The lowest BCUT2D eigenvalue weighted by Gasteiger charge is -2.30. The van der Waals surface area contributed by atoms with Gasteiger partial charge >= 0.3 is 0 Å². The van der Waals surface area contributed by atoms with Crippen molar-refractivity contribution in [3.05, 3.63) is 89.0 Å². The Morgan fingerprint density at radius 2 is 1.77 bits per heavy atom. The lowest BCUT2D eigenvalue weighted by Crippen LogP contribution is -2.48. The van der Waals surface area contributed by atoms with E-state index in [2.05, 4.69) is 19.9 Å². The van der Waals surface area contributed by atoms with Crippen molar-refractivity contribution in [1.82, 2.24) is 14.7 Å². The highest BCUT2D eigenvalue weighted by atomic mass is 32.2. The molecule has 220 valence electrons. The third-order valence-corrected chi connectivity index (χ3v) is 9.55. The van der Waals surface area contributed by atoms with Crippen molar-refractivity contribution in [1.29, 1.82) is 0 Å². The number of ether oxygens (including phenoxy) is 3. The normalized spacial score (nSPS) is 18.0. The Morgan fingerprint density at radius 3 is 2.58 bits per heavy atom. The van der Waals surface area contributed by atoms with Crippen molar-refractivity contribution in [2.45, 2.75) is 19.1 Å². The second-order valence-electron chi connectivity index (χ2n) is 10.9. The molecule has 3 aliphatic rings. The second kappa shape index (κ2) is 11.4. The number of carbonyl (C=O) groups excluding carboxylic acids is 2. The van der Waals surface area contributed by atoms with E-state index in [-0.39, 0.29) is 36.2 Å². The van der Waals surface area contributed by atoms with Crippen LogP contribution in [0.2, 0.25) is 0 Å². The Balaban J connectivity index is 1.47. The third kappa shape index (κ3) is 5.04. The second-order valence-corrected chi connectivity index (χ2v) is 12.0. The van der Waals surface area contributed by atoms with Gasteiger partial charge in [0.05, 0.1) is 35.6 Å². The van der Waals surface area contributed by atoms with Crippen molar-refractivity contribution >= 4 is 29.4 Å². The van der Waals surface area contributed by atoms with E-state index < -0.39 is 0 Å². The topological polar surface area (TPSA) is 86.1 Å². The predicted molar refractivity (Wildman–Crippen MR) is 165 cm³/mol. The summed E-state index contributed by atoms with van der Waals surface area (Å²) >= 11 is 1.54. The molecule has 0 aliphatic carbocycles. The molecule has 1 atom stereocenters. The van der Waals surface area contributed by atoms with Crippen LogP contribution in [0, 0.1) is 13.8 Å². The average molecular weight is 597 g/mol.